The Morgan fingerprint density at radius 1 is 0.848 bits per heavy atom. The molecule has 0 rings (SSSR count). The average molecular weight is 472 g/mol. The van der Waals surface area contributed by atoms with Crippen molar-refractivity contribution in [3.63, 3.8) is 0 Å². The lowest BCUT2D eigenvalue weighted by molar-refractivity contribution is -0.143. The second-order valence-corrected chi connectivity index (χ2v) is 9.52. The van der Waals surface area contributed by atoms with Gasteiger partial charge in [-0.3, -0.25) is 14.4 Å². The van der Waals surface area contributed by atoms with Gasteiger partial charge in [0.15, 0.2) is 0 Å². The number of nitrogens with one attached hydrogen (secondary N) is 3. The minimum absolute atomic E-state index is 0.199. The van der Waals surface area contributed by atoms with Crippen molar-refractivity contribution in [1.82, 2.24) is 16.0 Å². The molecule has 0 saturated heterocycles. The lowest BCUT2D eigenvalue weighted by Crippen LogP contribution is -2.59. The van der Waals surface area contributed by atoms with E-state index in [1.54, 1.807) is 13.8 Å². The zero-order chi connectivity index (χ0) is 25.7. The van der Waals surface area contributed by atoms with Crippen molar-refractivity contribution in [2.45, 2.75) is 97.8 Å². The van der Waals surface area contributed by atoms with E-state index in [0.717, 1.165) is 0 Å². The van der Waals surface area contributed by atoms with Gasteiger partial charge in [-0.25, -0.2) is 4.79 Å². The van der Waals surface area contributed by atoms with Gasteiger partial charge in [-0.2, -0.15) is 0 Å². The molecule has 3 amide bonds. The Morgan fingerprint density at radius 3 is 1.88 bits per heavy atom. The Morgan fingerprint density at radius 2 is 1.42 bits per heavy atom. The van der Waals surface area contributed by atoms with E-state index in [2.05, 4.69) is 16.0 Å². The molecule has 33 heavy (non-hydrogen) atoms. The maximum absolute atomic E-state index is 13.1. The van der Waals surface area contributed by atoms with E-state index in [0.29, 0.717) is 38.6 Å². The van der Waals surface area contributed by atoms with Gasteiger partial charge in [0, 0.05) is 0 Å². The van der Waals surface area contributed by atoms with Gasteiger partial charge in [-0.1, -0.05) is 48.0 Å². The maximum atomic E-state index is 13.1. The molecule has 0 aliphatic carbocycles. The summed E-state index contributed by atoms with van der Waals surface area (Å²) in [7, 11) is 0. The Balaban J connectivity index is 5.54. The van der Waals surface area contributed by atoms with Gasteiger partial charge in [-0.05, 0) is 50.0 Å². The fourth-order valence-corrected chi connectivity index (χ4v) is 3.37. The molecule has 0 aliphatic rings. The molecule has 0 aromatic carbocycles. The highest BCUT2D eigenvalue weighted by atomic mass is 16.4. The van der Waals surface area contributed by atoms with Gasteiger partial charge in [0.1, 0.15) is 18.1 Å². The molecule has 0 saturated carbocycles. The van der Waals surface area contributed by atoms with Gasteiger partial charge < -0.3 is 32.5 Å². The molecule has 0 fully saturated rings. The first kappa shape index (κ1) is 30.8. The standard InChI is InChI=1S/C23H45N5O5/c1-7-15(6)19(28-20(29)16(25)12-13(2)3)22(31)26-17(10-8-9-11-24)21(30)27-18(14(4)5)23(32)33/h13-19H,7-12,24-25H2,1-6H3,(H,26,31)(H,27,30)(H,28,29)(H,32,33). The fraction of sp³-hybridized carbons (Fsp3) is 0.826. The number of carboxylic acid groups (broad SMARTS) is 1. The number of carboxylic acids is 1. The van der Waals surface area contributed by atoms with E-state index >= 15 is 0 Å². The number of hydrogen-bond donors (Lipinski definition) is 6. The second-order valence-electron chi connectivity index (χ2n) is 9.52. The van der Waals surface area contributed by atoms with Crippen LogP contribution in [0.2, 0.25) is 0 Å². The molecular formula is C23H45N5O5. The molecule has 192 valence electrons. The Labute approximate surface area is 198 Å². The summed E-state index contributed by atoms with van der Waals surface area (Å²) >= 11 is 0. The molecule has 0 bridgehead atoms. The van der Waals surface area contributed by atoms with Gasteiger partial charge in [0.25, 0.3) is 0 Å². The Hall–Kier alpha value is -2.20. The fourth-order valence-electron chi connectivity index (χ4n) is 3.37. The molecule has 8 N–H and O–H groups in total. The predicted octanol–water partition coefficient (Wildman–Crippen LogP) is 0.730. The molecule has 0 radical (unpaired) electrons. The molecule has 5 atom stereocenters. The van der Waals surface area contributed by atoms with Crippen molar-refractivity contribution in [1.29, 1.82) is 0 Å². The SMILES string of the molecule is CCC(C)C(NC(=O)C(N)CC(C)C)C(=O)NC(CCCCN)C(=O)NC(C(=O)O)C(C)C. The van der Waals surface area contributed by atoms with Gasteiger partial charge >= 0.3 is 5.97 Å². The first-order valence-electron chi connectivity index (χ1n) is 11.9. The minimum Gasteiger partial charge on any atom is -0.480 e. The maximum Gasteiger partial charge on any atom is 0.326 e. The van der Waals surface area contributed by atoms with Crippen LogP contribution in [0.25, 0.3) is 0 Å². The number of aliphatic carboxylic acids is 1. The lowest BCUT2D eigenvalue weighted by Gasteiger charge is -2.28. The molecule has 0 heterocycles. The number of nitrogens with two attached hydrogens (primary N) is 2. The summed E-state index contributed by atoms with van der Waals surface area (Å²) in [5.41, 5.74) is 11.5. The third kappa shape index (κ3) is 11.5. The summed E-state index contributed by atoms with van der Waals surface area (Å²) in [4.78, 5) is 50.1. The van der Waals surface area contributed by atoms with Crippen LogP contribution in [-0.2, 0) is 19.2 Å². The highest BCUT2D eigenvalue weighted by Crippen LogP contribution is 2.12. The molecule has 0 spiro atoms. The van der Waals surface area contributed by atoms with E-state index in [-0.39, 0.29) is 17.8 Å². The van der Waals surface area contributed by atoms with E-state index in [9.17, 15) is 24.3 Å². The molecule has 5 unspecified atom stereocenters. The van der Waals surface area contributed by atoms with Crippen molar-refractivity contribution >= 4 is 23.7 Å². The third-order valence-electron chi connectivity index (χ3n) is 5.67. The van der Waals surface area contributed by atoms with Crippen LogP contribution in [-0.4, -0.2) is 59.5 Å². The zero-order valence-electron chi connectivity index (χ0n) is 21.0. The van der Waals surface area contributed by atoms with Crippen LogP contribution >= 0.6 is 0 Å². The lowest BCUT2D eigenvalue weighted by atomic mass is 9.96. The van der Waals surface area contributed by atoms with Gasteiger partial charge in [0.2, 0.25) is 17.7 Å². The van der Waals surface area contributed by atoms with Crippen LogP contribution in [0, 0.1) is 17.8 Å². The topological polar surface area (TPSA) is 177 Å². The van der Waals surface area contributed by atoms with E-state index < -0.39 is 47.9 Å². The largest absolute Gasteiger partial charge is 0.480 e. The third-order valence-corrected chi connectivity index (χ3v) is 5.67. The van der Waals surface area contributed by atoms with Crippen LogP contribution in [0.15, 0.2) is 0 Å². The smallest absolute Gasteiger partial charge is 0.326 e. The molecule has 0 aliphatic heterocycles. The minimum atomic E-state index is -1.14. The average Bonchev–Trinajstić information content (AvgIpc) is 2.72. The first-order valence-corrected chi connectivity index (χ1v) is 11.9. The zero-order valence-corrected chi connectivity index (χ0v) is 21.0. The summed E-state index contributed by atoms with van der Waals surface area (Å²) in [5.74, 6) is -2.95. The van der Waals surface area contributed by atoms with Gasteiger partial charge in [-0.15, -0.1) is 0 Å². The molecule has 10 nitrogen and oxygen atoms in total. The van der Waals surface area contributed by atoms with Crippen LogP contribution < -0.4 is 27.4 Å². The number of carbonyl (C=O) groups excluding carboxylic acids is 3. The van der Waals surface area contributed by atoms with E-state index in [4.69, 9.17) is 11.5 Å². The quantitative estimate of drug-likeness (QED) is 0.180. The van der Waals surface area contributed by atoms with Crippen molar-refractivity contribution in [2.75, 3.05) is 6.54 Å². The Kier molecular flexibility index (Phi) is 14.6. The number of amides is 3. The molecular weight excluding hydrogens is 426 g/mol. The second kappa shape index (κ2) is 15.6. The molecule has 0 aromatic rings. The van der Waals surface area contributed by atoms with E-state index in [1.165, 1.54) is 0 Å². The highest BCUT2D eigenvalue weighted by molar-refractivity contribution is 5.94. The molecule has 0 aromatic heterocycles. The van der Waals surface area contributed by atoms with Crippen molar-refractivity contribution in [3.8, 4) is 0 Å². The number of unbranched alkanes of at least 4 members (excludes halogenated alkanes) is 1. The summed E-state index contributed by atoms with van der Waals surface area (Å²) < 4.78 is 0. The van der Waals surface area contributed by atoms with Crippen LogP contribution in [0.5, 0.6) is 0 Å². The summed E-state index contributed by atoms with van der Waals surface area (Å²) in [6.07, 6.45) is 2.63. The number of rotatable bonds is 16. The summed E-state index contributed by atoms with van der Waals surface area (Å²) in [6.45, 7) is 11.5. The summed E-state index contributed by atoms with van der Waals surface area (Å²) in [6, 6.07) is -3.63. The number of hydrogen-bond acceptors (Lipinski definition) is 6. The van der Waals surface area contributed by atoms with Crippen LogP contribution in [0.4, 0.5) is 0 Å². The van der Waals surface area contributed by atoms with Crippen molar-refractivity contribution in [3.05, 3.63) is 0 Å². The highest BCUT2D eigenvalue weighted by Gasteiger charge is 2.33. The summed E-state index contributed by atoms with van der Waals surface area (Å²) in [5, 5.41) is 17.4. The molecule has 10 heteroatoms. The number of carbonyl (C=O) groups is 4. The Bertz CT molecular complexity index is 641. The van der Waals surface area contributed by atoms with Crippen molar-refractivity contribution in [2.24, 2.45) is 29.2 Å². The first-order chi connectivity index (χ1) is 15.3. The normalized spacial score (nSPS) is 15.9. The predicted molar refractivity (Wildman–Crippen MR) is 128 cm³/mol. The monoisotopic (exact) mass is 471 g/mol. The van der Waals surface area contributed by atoms with Crippen LogP contribution in [0.1, 0.15) is 73.6 Å². The van der Waals surface area contributed by atoms with Crippen LogP contribution in [0.3, 0.4) is 0 Å². The van der Waals surface area contributed by atoms with E-state index in [1.807, 2.05) is 27.7 Å². The van der Waals surface area contributed by atoms with Crippen molar-refractivity contribution < 1.29 is 24.3 Å². The van der Waals surface area contributed by atoms with Gasteiger partial charge in [0.05, 0.1) is 6.04 Å².